The van der Waals surface area contributed by atoms with Crippen LogP contribution in [0.4, 0.5) is 0 Å². The van der Waals surface area contributed by atoms with Crippen LogP contribution in [0.5, 0.6) is 0 Å². The molecule has 1 fully saturated rings. The molecule has 1 unspecified atom stereocenters. The Morgan fingerprint density at radius 2 is 1.57 bits per heavy atom. The van der Waals surface area contributed by atoms with Crippen molar-refractivity contribution in [3.63, 3.8) is 0 Å². The average Bonchev–Trinajstić information content (AvgIpc) is 3.28. The van der Waals surface area contributed by atoms with Crippen LogP contribution in [0.25, 0.3) is 0 Å². The molecule has 126 valence electrons. The molecule has 1 aliphatic rings. The van der Waals surface area contributed by atoms with Gasteiger partial charge in [0, 0.05) is 19.8 Å². The zero-order chi connectivity index (χ0) is 15.4. The molecule has 0 aromatic heterocycles. The van der Waals surface area contributed by atoms with Gasteiger partial charge in [-0.05, 0) is 38.3 Å². The van der Waals surface area contributed by atoms with Crippen LogP contribution in [0.15, 0.2) is 0 Å². The molecule has 0 aromatic rings. The van der Waals surface area contributed by atoms with Crippen LogP contribution in [0.2, 0.25) is 12.6 Å². The van der Waals surface area contributed by atoms with Crippen LogP contribution in [0.3, 0.4) is 0 Å². The first-order valence-corrected chi connectivity index (χ1v) is 11.2. The summed E-state index contributed by atoms with van der Waals surface area (Å²) < 4.78 is 23.0. The lowest BCUT2D eigenvalue weighted by Crippen LogP contribution is -2.39. The smallest absolute Gasteiger partial charge is 0.334 e. The summed E-state index contributed by atoms with van der Waals surface area (Å²) in [6.45, 7) is 10.8. The fraction of sp³-hybridized carbons (Fsp3) is 1.00. The standard InChI is InChI=1S/C16H34O4Si/c1-4-6-11-19-21(3,20-12-7-5-2)13-9-8-10-17-14-16-15-18-16/h16H,4-15H2,1-3H3. The second-order valence-corrected chi connectivity index (χ2v) is 9.37. The van der Waals surface area contributed by atoms with E-state index in [1.54, 1.807) is 0 Å². The van der Waals surface area contributed by atoms with Crippen molar-refractivity contribution >= 4 is 8.56 Å². The number of epoxide rings is 1. The second-order valence-electron chi connectivity index (χ2n) is 6.03. The Balaban J connectivity index is 2.12. The normalized spacial score (nSPS) is 18.1. The maximum Gasteiger partial charge on any atom is 0.334 e. The predicted molar refractivity (Wildman–Crippen MR) is 87.9 cm³/mol. The van der Waals surface area contributed by atoms with E-state index >= 15 is 0 Å². The summed E-state index contributed by atoms with van der Waals surface area (Å²) in [6.07, 6.45) is 7.21. The third kappa shape index (κ3) is 10.4. The first-order valence-electron chi connectivity index (χ1n) is 8.67. The van der Waals surface area contributed by atoms with Crippen LogP contribution in [-0.4, -0.2) is 47.7 Å². The third-order valence-corrected chi connectivity index (χ3v) is 6.58. The van der Waals surface area contributed by atoms with Crippen LogP contribution in [-0.2, 0) is 18.3 Å². The lowest BCUT2D eigenvalue weighted by molar-refractivity contribution is 0.112. The van der Waals surface area contributed by atoms with Gasteiger partial charge in [-0.15, -0.1) is 0 Å². The molecule has 1 atom stereocenters. The van der Waals surface area contributed by atoms with Crippen LogP contribution in [0.1, 0.15) is 52.4 Å². The van der Waals surface area contributed by atoms with Crippen LogP contribution >= 0.6 is 0 Å². The van der Waals surface area contributed by atoms with Gasteiger partial charge in [0.05, 0.1) is 13.2 Å². The van der Waals surface area contributed by atoms with E-state index in [1.165, 1.54) is 12.8 Å². The van der Waals surface area contributed by atoms with Gasteiger partial charge in [-0.25, -0.2) is 0 Å². The zero-order valence-electron chi connectivity index (χ0n) is 14.2. The Labute approximate surface area is 131 Å². The van der Waals surface area contributed by atoms with Gasteiger partial charge in [-0.3, -0.25) is 0 Å². The van der Waals surface area contributed by atoms with Crippen molar-refractivity contribution < 1.29 is 18.3 Å². The van der Waals surface area contributed by atoms with Gasteiger partial charge in [0.25, 0.3) is 0 Å². The molecule has 0 aliphatic carbocycles. The molecule has 0 aromatic carbocycles. The van der Waals surface area contributed by atoms with E-state index < -0.39 is 8.56 Å². The molecule has 0 bridgehead atoms. The summed E-state index contributed by atoms with van der Waals surface area (Å²) in [6, 6.07) is 1.07. The third-order valence-electron chi connectivity index (χ3n) is 3.69. The lowest BCUT2D eigenvalue weighted by atomic mass is 10.3. The monoisotopic (exact) mass is 318 g/mol. The van der Waals surface area contributed by atoms with Gasteiger partial charge in [0.1, 0.15) is 6.10 Å². The molecule has 1 aliphatic heterocycles. The van der Waals surface area contributed by atoms with Crippen molar-refractivity contribution in [1.29, 1.82) is 0 Å². The van der Waals surface area contributed by atoms with Crippen molar-refractivity contribution in [2.45, 2.75) is 71.1 Å². The lowest BCUT2D eigenvalue weighted by Gasteiger charge is -2.27. The summed E-state index contributed by atoms with van der Waals surface area (Å²) in [5.74, 6) is 0. The minimum absolute atomic E-state index is 0.374. The molecular weight excluding hydrogens is 284 g/mol. The summed E-state index contributed by atoms with van der Waals surface area (Å²) in [5, 5.41) is 0. The maximum atomic E-state index is 6.13. The first kappa shape index (κ1) is 19.1. The Kier molecular flexibility index (Phi) is 10.6. The molecule has 0 spiro atoms. The fourth-order valence-corrected chi connectivity index (χ4v) is 4.50. The predicted octanol–water partition coefficient (Wildman–Crippen LogP) is 3.89. The molecule has 0 N–H and O–H groups in total. The van der Waals surface area contributed by atoms with Crippen molar-refractivity contribution in [2.75, 3.05) is 33.0 Å². The number of hydrogen-bond donors (Lipinski definition) is 0. The van der Waals surface area contributed by atoms with E-state index in [9.17, 15) is 0 Å². The highest BCUT2D eigenvalue weighted by molar-refractivity contribution is 6.66. The van der Waals surface area contributed by atoms with Gasteiger partial charge in [-0.2, -0.15) is 0 Å². The highest BCUT2D eigenvalue weighted by Gasteiger charge is 2.30. The molecule has 5 heteroatoms. The molecule has 1 saturated heterocycles. The molecule has 21 heavy (non-hydrogen) atoms. The highest BCUT2D eigenvalue weighted by atomic mass is 28.4. The van der Waals surface area contributed by atoms with Gasteiger partial charge in [-0.1, -0.05) is 26.7 Å². The Hall–Kier alpha value is 0.0569. The Morgan fingerprint density at radius 3 is 2.10 bits per heavy atom. The van der Waals surface area contributed by atoms with E-state index in [0.717, 1.165) is 64.8 Å². The van der Waals surface area contributed by atoms with E-state index in [2.05, 4.69) is 20.4 Å². The number of rotatable bonds is 15. The highest BCUT2D eigenvalue weighted by Crippen LogP contribution is 2.19. The Bertz CT molecular complexity index is 236. The zero-order valence-corrected chi connectivity index (χ0v) is 15.2. The summed E-state index contributed by atoms with van der Waals surface area (Å²) in [7, 11) is -1.97. The van der Waals surface area contributed by atoms with Crippen molar-refractivity contribution in [3.05, 3.63) is 0 Å². The van der Waals surface area contributed by atoms with Crippen LogP contribution < -0.4 is 0 Å². The average molecular weight is 319 g/mol. The van der Waals surface area contributed by atoms with Crippen LogP contribution in [0, 0.1) is 0 Å². The van der Waals surface area contributed by atoms with E-state index in [4.69, 9.17) is 18.3 Å². The van der Waals surface area contributed by atoms with Gasteiger partial charge in [0.15, 0.2) is 0 Å². The fourth-order valence-electron chi connectivity index (χ4n) is 2.08. The molecule has 4 nitrogen and oxygen atoms in total. The Morgan fingerprint density at radius 1 is 0.952 bits per heavy atom. The van der Waals surface area contributed by atoms with E-state index in [1.807, 2.05) is 0 Å². The second kappa shape index (κ2) is 11.6. The summed E-state index contributed by atoms with van der Waals surface area (Å²) in [5.41, 5.74) is 0. The summed E-state index contributed by atoms with van der Waals surface area (Å²) in [4.78, 5) is 0. The minimum atomic E-state index is -1.97. The molecular formula is C16H34O4Si. The molecule has 1 heterocycles. The van der Waals surface area contributed by atoms with Gasteiger partial charge in [0.2, 0.25) is 0 Å². The number of ether oxygens (including phenoxy) is 2. The van der Waals surface area contributed by atoms with E-state index in [0.29, 0.717) is 6.10 Å². The molecule has 0 saturated carbocycles. The maximum absolute atomic E-state index is 6.13. The minimum Gasteiger partial charge on any atom is -0.394 e. The van der Waals surface area contributed by atoms with Gasteiger partial charge >= 0.3 is 8.56 Å². The molecule has 0 radical (unpaired) electrons. The molecule has 0 amide bonds. The topological polar surface area (TPSA) is 40.2 Å². The van der Waals surface area contributed by atoms with Crippen molar-refractivity contribution in [1.82, 2.24) is 0 Å². The van der Waals surface area contributed by atoms with E-state index in [-0.39, 0.29) is 0 Å². The quantitative estimate of drug-likeness (QED) is 0.261. The number of unbranched alkanes of at least 4 members (excludes halogenated alkanes) is 3. The van der Waals surface area contributed by atoms with Gasteiger partial charge < -0.3 is 18.3 Å². The SMILES string of the molecule is CCCCO[Si](C)(CCCCOCC1CO1)OCCCC. The first-order chi connectivity index (χ1) is 10.2. The molecule has 1 rings (SSSR count). The largest absolute Gasteiger partial charge is 0.394 e. The number of hydrogen-bond acceptors (Lipinski definition) is 4. The summed E-state index contributed by atoms with van der Waals surface area (Å²) >= 11 is 0. The van der Waals surface area contributed by atoms with Crippen molar-refractivity contribution in [3.8, 4) is 0 Å². The van der Waals surface area contributed by atoms with Crippen molar-refractivity contribution in [2.24, 2.45) is 0 Å².